The number of hydrogen-bond donors (Lipinski definition) is 2. The molecule has 110 valence electrons. The normalized spacial score (nSPS) is 22.3. The second kappa shape index (κ2) is 5.71. The van der Waals surface area contributed by atoms with E-state index in [0.717, 1.165) is 43.7 Å². The quantitative estimate of drug-likeness (QED) is 0.880. The Bertz CT molecular complexity index is 580. The number of ether oxygens (including phenoxy) is 1. The van der Waals surface area contributed by atoms with Crippen LogP contribution < -0.4 is 10.0 Å². The number of fused-ring (bicyclic) bond motifs is 1. The maximum absolute atomic E-state index is 12.5. The molecule has 2 aliphatic rings. The highest BCUT2D eigenvalue weighted by atomic mass is 32.2. The van der Waals surface area contributed by atoms with Gasteiger partial charge in [-0.2, -0.15) is 0 Å². The largest absolute Gasteiger partial charge is 0.385 e. The number of rotatable bonds is 4. The highest BCUT2D eigenvalue weighted by molar-refractivity contribution is 7.89. The Balaban J connectivity index is 1.80. The van der Waals surface area contributed by atoms with Crippen molar-refractivity contribution < 1.29 is 13.2 Å². The minimum atomic E-state index is -3.43. The van der Waals surface area contributed by atoms with Crippen LogP contribution in [0.15, 0.2) is 23.1 Å². The standard InChI is InChI=1S/C14H20N2O3S/c17-20(18,16-9-11-6-8-19-10-11)14-5-1-4-13-12(14)3-2-7-15-13/h1,4-5,11,15-16H,2-3,6-10H2. The highest BCUT2D eigenvalue weighted by Crippen LogP contribution is 2.28. The molecule has 0 spiro atoms. The van der Waals surface area contributed by atoms with Crippen LogP contribution in [0, 0.1) is 5.92 Å². The van der Waals surface area contributed by atoms with Crippen LogP contribution in [0.4, 0.5) is 5.69 Å². The van der Waals surface area contributed by atoms with Crippen LogP contribution in [0.1, 0.15) is 18.4 Å². The SMILES string of the molecule is O=S(=O)(NCC1CCOC1)c1cccc2c1CCCN2. The summed E-state index contributed by atoms with van der Waals surface area (Å²) in [5, 5.41) is 3.26. The maximum atomic E-state index is 12.5. The monoisotopic (exact) mass is 296 g/mol. The van der Waals surface area contributed by atoms with Crippen molar-refractivity contribution in [3.8, 4) is 0 Å². The van der Waals surface area contributed by atoms with E-state index < -0.39 is 10.0 Å². The van der Waals surface area contributed by atoms with Gasteiger partial charge in [0.15, 0.2) is 0 Å². The van der Waals surface area contributed by atoms with Crippen LogP contribution in [-0.2, 0) is 21.2 Å². The first-order valence-electron chi connectivity index (χ1n) is 7.10. The van der Waals surface area contributed by atoms with Crippen molar-refractivity contribution in [3.05, 3.63) is 23.8 Å². The van der Waals surface area contributed by atoms with Crippen molar-refractivity contribution >= 4 is 15.7 Å². The fourth-order valence-electron chi connectivity index (χ4n) is 2.78. The third-order valence-electron chi connectivity index (χ3n) is 3.93. The Hall–Kier alpha value is -1.11. The number of benzene rings is 1. The minimum Gasteiger partial charge on any atom is -0.385 e. The molecule has 5 nitrogen and oxygen atoms in total. The molecule has 0 radical (unpaired) electrons. The molecule has 1 aromatic carbocycles. The van der Waals surface area contributed by atoms with Gasteiger partial charge in [0.05, 0.1) is 11.5 Å². The van der Waals surface area contributed by atoms with Crippen molar-refractivity contribution in [2.45, 2.75) is 24.2 Å². The fraction of sp³-hybridized carbons (Fsp3) is 0.571. The summed E-state index contributed by atoms with van der Waals surface area (Å²) >= 11 is 0. The summed E-state index contributed by atoms with van der Waals surface area (Å²) in [6.45, 7) is 2.75. The van der Waals surface area contributed by atoms with Crippen LogP contribution in [0.25, 0.3) is 0 Å². The van der Waals surface area contributed by atoms with Crippen LogP contribution in [0.3, 0.4) is 0 Å². The fourth-order valence-corrected chi connectivity index (χ4v) is 4.18. The van der Waals surface area contributed by atoms with Gasteiger partial charge in [-0.3, -0.25) is 0 Å². The molecule has 0 saturated carbocycles. The predicted molar refractivity (Wildman–Crippen MR) is 77.4 cm³/mol. The smallest absolute Gasteiger partial charge is 0.240 e. The average Bonchev–Trinajstić information content (AvgIpc) is 2.98. The summed E-state index contributed by atoms with van der Waals surface area (Å²) in [5.74, 6) is 0.294. The zero-order chi connectivity index (χ0) is 14.0. The molecule has 2 heterocycles. The van der Waals surface area contributed by atoms with Gasteiger partial charge in [0.25, 0.3) is 0 Å². The molecule has 6 heteroatoms. The lowest BCUT2D eigenvalue weighted by molar-refractivity contribution is 0.186. The summed E-state index contributed by atoms with van der Waals surface area (Å²) in [5.41, 5.74) is 1.86. The molecule has 0 aromatic heterocycles. The van der Waals surface area contributed by atoms with Crippen LogP contribution in [0.5, 0.6) is 0 Å². The molecular weight excluding hydrogens is 276 g/mol. The molecule has 0 bridgehead atoms. The lowest BCUT2D eigenvalue weighted by atomic mass is 10.0. The molecule has 1 aromatic rings. The van der Waals surface area contributed by atoms with Gasteiger partial charge in [0, 0.05) is 25.4 Å². The van der Waals surface area contributed by atoms with E-state index >= 15 is 0 Å². The molecule has 0 aliphatic carbocycles. The molecular formula is C14H20N2O3S. The summed E-state index contributed by atoms with van der Waals surface area (Å²) < 4.78 is 33.0. The number of sulfonamides is 1. The molecule has 1 unspecified atom stereocenters. The van der Waals surface area contributed by atoms with E-state index in [1.807, 2.05) is 6.07 Å². The second-order valence-electron chi connectivity index (χ2n) is 5.39. The molecule has 1 saturated heterocycles. The van der Waals surface area contributed by atoms with E-state index in [9.17, 15) is 8.42 Å². The van der Waals surface area contributed by atoms with Crippen molar-refractivity contribution in [3.63, 3.8) is 0 Å². The van der Waals surface area contributed by atoms with Gasteiger partial charge in [0.1, 0.15) is 0 Å². The first-order valence-corrected chi connectivity index (χ1v) is 8.58. The zero-order valence-corrected chi connectivity index (χ0v) is 12.2. The molecule has 1 atom stereocenters. The Morgan fingerprint density at radius 3 is 3.10 bits per heavy atom. The van der Waals surface area contributed by atoms with E-state index in [4.69, 9.17) is 4.74 Å². The second-order valence-corrected chi connectivity index (χ2v) is 7.13. The third-order valence-corrected chi connectivity index (χ3v) is 5.44. The van der Waals surface area contributed by atoms with Crippen LogP contribution >= 0.6 is 0 Å². The van der Waals surface area contributed by atoms with E-state index in [2.05, 4.69) is 10.0 Å². The van der Waals surface area contributed by atoms with E-state index in [0.29, 0.717) is 24.0 Å². The lowest BCUT2D eigenvalue weighted by Crippen LogP contribution is -2.31. The van der Waals surface area contributed by atoms with Gasteiger partial charge in [-0.25, -0.2) is 13.1 Å². The van der Waals surface area contributed by atoms with Crippen LogP contribution in [0.2, 0.25) is 0 Å². The van der Waals surface area contributed by atoms with E-state index in [-0.39, 0.29) is 0 Å². The van der Waals surface area contributed by atoms with Gasteiger partial charge >= 0.3 is 0 Å². The van der Waals surface area contributed by atoms with Gasteiger partial charge in [0.2, 0.25) is 10.0 Å². The molecule has 20 heavy (non-hydrogen) atoms. The predicted octanol–water partition coefficient (Wildman–Crippen LogP) is 1.36. The van der Waals surface area contributed by atoms with Gasteiger partial charge in [-0.15, -0.1) is 0 Å². The number of nitrogens with one attached hydrogen (secondary N) is 2. The summed E-state index contributed by atoms with van der Waals surface area (Å²) in [7, 11) is -3.43. The third kappa shape index (κ3) is 2.82. The first kappa shape index (κ1) is 13.9. The first-order chi connectivity index (χ1) is 9.67. The minimum absolute atomic E-state index is 0.294. The lowest BCUT2D eigenvalue weighted by Gasteiger charge is -2.21. The number of hydrogen-bond acceptors (Lipinski definition) is 4. The van der Waals surface area contributed by atoms with Crippen molar-refractivity contribution in [2.24, 2.45) is 5.92 Å². The topological polar surface area (TPSA) is 67.4 Å². The molecule has 0 amide bonds. The average molecular weight is 296 g/mol. The Labute approximate surface area is 119 Å². The molecule has 2 aliphatic heterocycles. The van der Waals surface area contributed by atoms with Gasteiger partial charge in [-0.05, 0) is 42.9 Å². The van der Waals surface area contributed by atoms with Crippen molar-refractivity contribution in [1.29, 1.82) is 0 Å². The molecule has 1 fully saturated rings. The number of anilines is 1. The maximum Gasteiger partial charge on any atom is 0.240 e. The van der Waals surface area contributed by atoms with Crippen molar-refractivity contribution in [2.75, 3.05) is 31.6 Å². The summed E-state index contributed by atoms with van der Waals surface area (Å²) in [4.78, 5) is 0.418. The Morgan fingerprint density at radius 2 is 2.30 bits per heavy atom. The Kier molecular flexibility index (Phi) is 3.96. The van der Waals surface area contributed by atoms with Gasteiger partial charge < -0.3 is 10.1 Å². The summed E-state index contributed by atoms with van der Waals surface area (Å²) in [6.07, 6.45) is 2.71. The molecule has 3 rings (SSSR count). The zero-order valence-electron chi connectivity index (χ0n) is 11.4. The highest BCUT2D eigenvalue weighted by Gasteiger charge is 2.24. The molecule has 2 N–H and O–H groups in total. The van der Waals surface area contributed by atoms with Crippen molar-refractivity contribution in [1.82, 2.24) is 4.72 Å². The van der Waals surface area contributed by atoms with Gasteiger partial charge in [-0.1, -0.05) is 6.07 Å². The van der Waals surface area contributed by atoms with E-state index in [1.165, 1.54) is 0 Å². The van der Waals surface area contributed by atoms with Crippen LogP contribution in [-0.4, -0.2) is 34.7 Å². The summed E-state index contributed by atoms with van der Waals surface area (Å²) in [6, 6.07) is 5.43. The van der Waals surface area contributed by atoms with E-state index in [1.54, 1.807) is 12.1 Å². The Morgan fingerprint density at radius 1 is 1.40 bits per heavy atom.